The smallest absolute Gasteiger partial charge is 0.239 e. The highest BCUT2D eigenvalue weighted by atomic mass is 16.7. The number of anilines is 2. The second-order valence-electron chi connectivity index (χ2n) is 11.6. The first-order valence-corrected chi connectivity index (χ1v) is 14.0. The summed E-state index contributed by atoms with van der Waals surface area (Å²) in [7, 11) is 3.22. The number of hydrogen-bond acceptors (Lipinski definition) is 8. The molecule has 0 bridgehead atoms. The van der Waals surface area contributed by atoms with Crippen LogP contribution in [-0.2, 0) is 16.1 Å². The topological polar surface area (TPSA) is 98.4 Å². The van der Waals surface area contributed by atoms with E-state index in [1.807, 2.05) is 65.6 Å². The molecule has 0 fully saturated rings. The molecule has 0 saturated carbocycles. The molecule has 2 heterocycles. The highest BCUT2D eigenvalue weighted by Gasteiger charge is 2.43. The highest BCUT2D eigenvalue weighted by Crippen LogP contribution is 2.50. The number of ketones is 1. The van der Waals surface area contributed by atoms with Crippen molar-refractivity contribution in [3.8, 4) is 23.0 Å². The summed E-state index contributed by atoms with van der Waals surface area (Å²) in [5.41, 5.74) is 4.58. The lowest BCUT2D eigenvalue weighted by molar-refractivity contribution is -0.121. The molecule has 2 N–H and O–H groups in total. The number of methoxy groups -OCH3 is 2. The number of nitrogens with one attached hydrogen (secondary N) is 2. The zero-order chi connectivity index (χ0) is 29.4. The third kappa shape index (κ3) is 5.22. The van der Waals surface area contributed by atoms with E-state index in [4.69, 9.17) is 18.9 Å². The molecule has 9 nitrogen and oxygen atoms in total. The molecule has 3 aliphatic rings. The Morgan fingerprint density at radius 1 is 1.02 bits per heavy atom. The van der Waals surface area contributed by atoms with E-state index in [0.29, 0.717) is 48.0 Å². The van der Waals surface area contributed by atoms with Crippen LogP contribution in [-0.4, -0.2) is 39.2 Å². The fourth-order valence-corrected chi connectivity index (χ4v) is 6.07. The minimum Gasteiger partial charge on any atom is -0.497 e. The third-order valence-corrected chi connectivity index (χ3v) is 7.98. The Labute approximate surface area is 245 Å². The highest BCUT2D eigenvalue weighted by molar-refractivity contribution is 6.02. The van der Waals surface area contributed by atoms with Crippen molar-refractivity contribution in [2.45, 2.75) is 39.3 Å². The van der Waals surface area contributed by atoms with Crippen LogP contribution in [0.25, 0.3) is 0 Å². The van der Waals surface area contributed by atoms with E-state index in [0.717, 1.165) is 28.2 Å². The molecule has 2 aliphatic heterocycles. The van der Waals surface area contributed by atoms with Crippen LogP contribution >= 0.6 is 0 Å². The predicted octanol–water partition coefficient (Wildman–Crippen LogP) is 5.37. The molecule has 0 aromatic heterocycles. The first kappa shape index (κ1) is 27.5. The van der Waals surface area contributed by atoms with Crippen LogP contribution in [0.15, 0.2) is 71.9 Å². The van der Waals surface area contributed by atoms with Gasteiger partial charge in [0.05, 0.1) is 38.2 Å². The van der Waals surface area contributed by atoms with Crippen molar-refractivity contribution in [2.24, 2.45) is 5.41 Å². The van der Waals surface area contributed by atoms with Gasteiger partial charge in [-0.15, -0.1) is 0 Å². The second-order valence-corrected chi connectivity index (χ2v) is 11.6. The van der Waals surface area contributed by atoms with Crippen molar-refractivity contribution >= 4 is 23.1 Å². The van der Waals surface area contributed by atoms with Crippen LogP contribution < -0.4 is 34.5 Å². The Kier molecular flexibility index (Phi) is 7.18. The number of benzene rings is 3. The molecule has 0 radical (unpaired) electrons. The van der Waals surface area contributed by atoms with Gasteiger partial charge in [0, 0.05) is 29.8 Å². The lowest BCUT2D eigenvalue weighted by Gasteiger charge is -2.38. The number of para-hydroxylation sites is 2. The summed E-state index contributed by atoms with van der Waals surface area (Å²) in [5, 5.41) is 6.64. The summed E-state index contributed by atoms with van der Waals surface area (Å²) in [6, 6.07) is 18.4. The van der Waals surface area contributed by atoms with Crippen molar-refractivity contribution in [3.05, 3.63) is 83.1 Å². The van der Waals surface area contributed by atoms with Crippen LogP contribution in [0.4, 0.5) is 11.4 Å². The normalized spacial score (nSPS) is 18.4. The molecule has 9 heteroatoms. The maximum absolute atomic E-state index is 14.0. The molecule has 1 amide bonds. The number of allylic oxidation sites excluding steroid dienone is 1. The van der Waals surface area contributed by atoms with Crippen molar-refractivity contribution < 1.29 is 28.5 Å². The molecule has 1 unspecified atom stereocenters. The average Bonchev–Trinajstić information content (AvgIpc) is 3.39. The van der Waals surface area contributed by atoms with Gasteiger partial charge in [0.25, 0.3) is 0 Å². The maximum Gasteiger partial charge on any atom is 0.239 e. The number of fused-ring (bicyclic) bond motifs is 2. The SMILES string of the molecule is COc1ccc(OC)c(C2C3=C(CC(C)(C)CC3=O)Nc3ccccc3N2CC(=O)NCc2ccc3c(c2)OCO3)c1. The largest absolute Gasteiger partial charge is 0.497 e. The Morgan fingerprint density at radius 3 is 2.64 bits per heavy atom. The molecule has 3 aromatic rings. The van der Waals surface area contributed by atoms with Crippen LogP contribution in [0.5, 0.6) is 23.0 Å². The first-order chi connectivity index (χ1) is 20.3. The number of carbonyl (C=O) groups is 2. The van der Waals surface area contributed by atoms with Gasteiger partial charge in [-0.25, -0.2) is 0 Å². The fourth-order valence-electron chi connectivity index (χ4n) is 6.07. The third-order valence-electron chi connectivity index (χ3n) is 7.98. The fraction of sp³-hybridized carbons (Fsp3) is 0.333. The van der Waals surface area contributed by atoms with E-state index >= 15 is 0 Å². The van der Waals surface area contributed by atoms with Crippen LogP contribution in [0, 0.1) is 5.41 Å². The van der Waals surface area contributed by atoms with E-state index in [9.17, 15) is 9.59 Å². The molecular formula is C33H35N3O6. The van der Waals surface area contributed by atoms with Crippen molar-refractivity contribution in [1.82, 2.24) is 5.32 Å². The Bertz CT molecular complexity index is 1580. The van der Waals surface area contributed by atoms with Gasteiger partial charge >= 0.3 is 0 Å². The summed E-state index contributed by atoms with van der Waals surface area (Å²) in [4.78, 5) is 29.6. The van der Waals surface area contributed by atoms with Gasteiger partial charge in [-0.05, 0) is 59.9 Å². The van der Waals surface area contributed by atoms with E-state index in [2.05, 4.69) is 24.5 Å². The lowest BCUT2D eigenvalue weighted by atomic mass is 9.73. The number of ether oxygens (including phenoxy) is 4. The summed E-state index contributed by atoms with van der Waals surface area (Å²) in [6.07, 6.45) is 1.09. The lowest BCUT2D eigenvalue weighted by Crippen LogP contribution is -2.42. The molecule has 218 valence electrons. The van der Waals surface area contributed by atoms with Gasteiger partial charge in [0.1, 0.15) is 11.5 Å². The molecule has 6 rings (SSSR count). The van der Waals surface area contributed by atoms with Crippen LogP contribution in [0.2, 0.25) is 0 Å². The number of Topliss-reactive ketones (excluding diaryl/α,β-unsaturated/α-hetero) is 1. The molecule has 1 aliphatic carbocycles. The van der Waals surface area contributed by atoms with Crippen LogP contribution in [0.3, 0.4) is 0 Å². The van der Waals surface area contributed by atoms with E-state index in [-0.39, 0.29) is 30.4 Å². The van der Waals surface area contributed by atoms with Gasteiger partial charge < -0.3 is 34.5 Å². The summed E-state index contributed by atoms with van der Waals surface area (Å²) < 4.78 is 22.3. The monoisotopic (exact) mass is 569 g/mol. The van der Waals surface area contributed by atoms with Gasteiger partial charge in [0.2, 0.25) is 12.7 Å². The molecule has 0 spiro atoms. The van der Waals surface area contributed by atoms with Crippen LogP contribution in [0.1, 0.15) is 43.9 Å². The predicted molar refractivity (Wildman–Crippen MR) is 159 cm³/mol. The Balaban J connectivity index is 1.42. The maximum atomic E-state index is 14.0. The minimum atomic E-state index is -0.596. The molecule has 1 atom stereocenters. The average molecular weight is 570 g/mol. The van der Waals surface area contributed by atoms with Gasteiger partial charge in [-0.3, -0.25) is 9.59 Å². The summed E-state index contributed by atoms with van der Waals surface area (Å²) in [6.45, 7) is 4.72. The van der Waals surface area contributed by atoms with E-state index < -0.39 is 6.04 Å². The van der Waals surface area contributed by atoms with Gasteiger partial charge in [-0.1, -0.05) is 32.0 Å². The molecule has 3 aromatic carbocycles. The number of nitrogens with zero attached hydrogens (tertiary/aromatic N) is 1. The van der Waals surface area contributed by atoms with Crippen molar-refractivity contribution in [2.75, 3.05) is 37.8 Å². The first-order valence-electron chi connectivity index (χ1n) is 14.0. The number of amides is 1. The molecule has 42 heavy (non-hydrogen) atoms. The van der Waals surface area contributed by atoms with Gasteiger partial charge in [-0.2, -0.15) is 0 Å². The Hall–Kier alpha value is -4.66. The summed E-state index contributed by atoms with van der Waals surface area (Å²) in [5.74, 6) is 2.45. The Morgan fingerprint density at radius 2 is 1.83 bits per heavy atom. The second kappa shape index (κ2) is 11.0. The quantitative estimate of drug-likeness (QED) is 0.392. The van der Waals surface area contributed by atoms with E-state index in [1.54, 1.807) is 14.2 Å². The van der Waals surface area contributed by atoms with E-state index in [1.165, 1.54) is 0 Å². The standard InChI is InChI=1S/C33H35N3O6/c1-33(2)15-24-31(26(37)16-33)32(22-14-21(39-3)10-12-27(22)40-4)36(25-8-6-5-7-23(25)35-24)18-30(38)34-17-20-9-11-28-29(13-20)42-19-41-28/h5-14,32,35H,15-19H2,1-4H3,(H,34,38). The molecular weight excluding hydrogens is 534 g/mol. The number of hydrogen-bond donors (Lipinski definition) is 2. The minimum absolute atomic E-state index is 0.00172. The van der Waals surface area contributed by atoms with Crippen molar-refractivity contribution in [1.29, 1.82) is 0 Å². The number of carbonyl (C=O) groups excluding carboxylic acids is 2. The van der Waals surface area contributed by atoms with Crippen molar-refractivity contribution in [3.63, 3.8) is 0 Å². The van der Waals surface area contributed by atoms with Gasteiger partial charge in [0.15, 0.2) is 17.3 Å². The zero-order valence-corrected chi connectivity index (χ0v) is 24.3. The number of rotatable bonds is 7. The zero-order valence-electron chi connectivity index (χ0n) is 24.3. The summed E-state index contributed by atoms with van der Waals surface area (Å²) >= 11 is 0. The molecule has 0 saturated heterocycles.